The zero-order valence-electron chi connectivity index (χ0n) is 18.3. The van der Waals surface area contributed by atoms with E-state index in [1.54, 1.807) is 6.07 Å². The molecule has 1 saturated carbocycles. The number of halogens is 3. The van der Waals surface area contributed by atoms with Crippen molar-refractivity contribution < 1.29 is 4.42 Å². The van der Waals surface area contributed by atoms with Crippen molar-refractivity contribution in [3.63, 3.8) is 0 Å². The van der Waals surface area contributed by atoms with E-state index in [0.29, 0.717) is 26.9 Å². The maximum Gasteiger partial charge on any atom is 0.243 e. The smallest absolute Gasteiger partial charge is 0.243 e. The van der Waals surface area contributed by atoms with Crippen molar-refractivity contribution in [1.29, 1.82) is 0 Å². The molecule has 1 aliphatic heterocycles. The normalized spacial score (nSPS) is 21.8. The summed E-state index contributed by atoms with van der Waals surface area (Å²) in [7, 11) is 0. The summed E-state index contributed by atoms with van der Waals surface area (Å²) in [6, 6.07) is 12.8. The molecule has 2 aromatic carbocycles. The fraction of sp³-hybridized carbons (Fsp3) is 0.400. The van der Waals surface area contributed by atoms with Crippen LogP contribution in [0.1, 0.15) is 74.8 Å². The average molecular weight is 504 g/mol. The molecule has 0 spiro atoms. The molecule has 33 heavy (non-hydrogen) atoms. The molecule has 0 bridgehead atoms. The minimum atomic E-state index is -0.311. The van der Waals surface area contributed by atoms with Crippen LogP contribution in [0.2, 0.25) is 15.1 Å². The van der Waals surface area contributed by atoms with Crippen molar-refractivity contribution in [2.24, 2.45) is 4.99 Å². The van der Waals surface area contributed by atoms with E-state index in [1.165, 1.54) is 25.7 Å². The Morgan fingerprint density at radius 2 is 1.52 bits per heavy atom. The van der Waals surface area contributed by atoms with Gasteiger partial charge in [-0.05, 0) is 62.2 Å². The van der Waals surface area contributed by atoms with Gasteiger partial charge in [0.1, 0.15) is 5.84 Å². The third-order valence-electron chi connectivity index (χ3n) is 6.54. The third-order valence-corrected chi connectivity index (χ3v) is 7.34. The molecule has 5 nitrogen and oxygen atoms in total. The van der Waals surface area contributed by atoms with E-state index in [4.69, 9.17) is 44.2 Å². The average Bonchev–Trinajstić information content (AvgIpc) is 3.30. The van der Waals surface area contributed by atoms with Gasteiger partial charge in [0.05, 0.1) is 11.1 Å². The SMILES string of the molecule is CC1C(c2nnc(C3CCCCCC3)o2)N=C(c2ccc(Cl)cc2Cl)N1c1ccc(Cl)cc1. The van der Waals surface area contributed by atoms with Gasteiger partial charge in [-0.25, -0.2) is 0 Å². The molecule has 1 aliphatic carbocycles. The van der Waals surface area contributed by atoms with Gasteiger partial charge in [-0.3, -0.25) is 4.99 Å². The van der Waals surface area contributed by atoms with Crippen LogP contribution in [0.25, 0.3) is 0 Å². The van der Waals surface area contributed by atoms with Crippen LogP contribution in [-0.2, 0) is 0 Å². The van der Waals surface area contributed by atoms with Crippen LogP contribution in [0.3, 0.4) is 0 Å². The first-order valence-electron chi connectivity index (χ1n) is 11.4. The number of hydrogen-bond donors (Lipinski definition) is 0. The highest BCUT2D eigenvalue weighted by Gasteiger charge is 2.39. The quantitative estimate of drug-likeness (QED) is 0.340. The molecule has 2 heterocycles. The molecule has 1 fully saturated rings. The molecule has 3 aromatic rings. The fourth-order valence-corrected chi connectivity index (χ4v) is 5.40. The summed E-state index contributed by atoms with van der Waals surface area (Å²) >= 11 is 18.9. The van der Waals surface area contributed by atoms with Gasteiger partial charge >= 0.3 is 0 Å². The highest BCUT2D eigenvalue weighted by molar-refractivity contribution is 6.37. The van der Waals surface area contributed by atoms with E-state index in [2.05, 4.69) is 22.0 Å². The topological polar surface area (TPSA) is 54.5 Å². The Balaban J connectivity index is 1.53. The van der Waals surface area contributed by atoms with Crippen LogP contribution in [0.4, 0.5) is 5.69 Å². The van der Waals surface area contributed by atoms with Crippen LogP contribution >= 0.6 is 34.8 Å². The molecule has 0 radical (unpaired) electrons. The summed E-state index contributed by atoms with van der Waals surface area (Å²) in [5.74, 6) is 2.36. The molecule has 172 valence electrons. The largest absolute Gasteiger partial charge is 0.423 e. The van der Waals surface area contributed by atoms with Crippen molar-refractivity contribution in [2.45, 2.75) is 63.5 Å². The standard InChI is InChI=1S/C25H25Cl3N4O/c1-15-22(25-31-30-24(33-25)16-6-4-2-3-5-7-16)29-23(20-13-10-18(27)14-21(20)28)32(15)19-11-8-17(26)9-12-19/h8-16,22H,2-7H2,1H3. The predicted molar refractivity (Wildman–Crippen MR) is 134 cm³/mol. The summed E-state index contributed by atoms with van der Waals surface area (Å²) in [6.07, 6.45) is 7.20. The zero-order valence-corrected chi connectivity index (χ0v) is 20.6. The number of benzene rings is 2. The molecule has 0 N–H and O–H groups in total. The molecular weight excluding hydrogens is 479 g/mol. The molecule has 0 amide bonds. The van der Waals surface area contributed by atoms with E-state index < -0.39 is 0 Å². The van der Waals surface area contributed by atoms with Crippen LogP contribution in [0.15, 0.2) is 51.9 Å². The van der Waals surface area contributed by atoms with Gasteiger partial charge < -0.3 is 9.32 Å². The molecule has 2 atom stereocenters. The van der Waals surface area contributed by atoms with Crippen molar-refractivity contribution in [3.05, 3.63) is 74.9 Å². The second kappa shape index (κ2) is 9.65. The Kier molecular flexibility index (Phi) is 6.64. The second-order valence-corrected chi connectivity index (χ2v) is 10.1. The van der Waals surface area contributed by atoms with E-state index in [1.807, 2.05) is 36.4 Å². The highest BCUT2D eigenvalue weighted by Crippen LogP contribution is 2.39. The van der Waals surface area contributed by atoms with Gasteiger partial charge in [-0.1, -0.05) is 60.5 Å². The number of rotatable bonds is 4. The number of anilines is 1. The number of amidine groups is 1. The Hall–Kier alpha value is -2.08. The minimum Gasteiger partial charge on any atom is -0.423 e. The van der Waals surface area contributed by atoms with Gasteiger partial charge in [-0.15, -0.1) is 10.2 Å². The Bertz CT molecular complexity index is 1150. The highest BCUT2D eigenvalue weighted by atomic mass is 35.5. The van der Waals surface area contributed by atoms with Crippen molar-refractivity contribution in [3.8, 4) is 0 Å². The van der Waals surface area contributed by atoms with E-state index in [9.17, 15) is 0 Å². The number of aliphatic imine (C=N–C) groups is 1. The van der Waals surface area contributed by atoms with Gasteiger partial charge in [0, 0.05) is 27.2 Å². The third kappa shape index (κ3) is 4.64. The molecule has 0 saturated heterocycles. The van der Waals surface area contributed by atoms with E-state index in [0.717, 1.165) is 35.8 Å². The molecule has 5 rings (SSSR count). The summed E-state index contributed by atoms with van der Waals surface area (Å²) < 4.78 is 6.24. The molecule has 2 unspecified atom stereocenters. The molecule has 2 aliphatic rings. The lowest BCUT2D eigenvalue weighted by Gasteiger charge is -2.27. The summed E-state index contributed by atoms with van der Waals surface area (Å²) in [5.41, 5.74) is 1.76. The van der Waals surface area contributed by atoms with E-state index in [-0.39, 0.29) is 12.1 Å². The van der Waals surface area contributed by atoms with Crippen LogP contribution < -0.4 is 4.90 Å². The zero-order chi connectivity index (χ0) is 22.9. The van der Waals surface area contributed by atoms with Crippen molar-refractivity contribution >= 4 is 46.3 Å². The summed E-state index contributed by atoms with van der Waals surface area (Å²) in [6.45, 7) is 2.11. The Morgan fingerprint density at radius 1 is 0.848 bits per heavy atom. The predicted octanol–water partition coefficient (Wildman–Crippen LogP) is 7.86. The lowest BCUT2D eigenvalue weighted by Crippen LogP contribution is -2.36. The lowest BCUT2D eigenvalue weighted by molar-refractivity contribution is 0.370. The van der Waals surface area contributed by atoms with Gasteiger partial charge in [0.15, 0.2) is 6.04 Å². The summed E-state index contributed by atoms with van der Waals surface area (Å²) in [4.78, 5) is 7.19. The first-order valence-corrected chi connectivity index (χ1v) is 12.6. The van der Waals surface area contributed by atoms with Crippen LogP contribution in [0, 0.1) is 0 Å². The fourth-order valence-electron chi connectivity index (χ4n) is 4.78. The maximum absolute atomic E-state index is 6.59. The van der Waals surface area contributed by atoms with Gasteiger partial charge in [0.25, 0.3) is 0 Å². The second-order valence-electron chi connectivity index (χ2n) is 8.78. The summed E-state index contributed by atoms with van der Waals surface area (Å²) in [5, 5.41) is 10.7. The Morgan fingerprint density at radius 3 is 2.21 bits per heavy atom. The Labute approximate surface area is 208 Å². The van der Waals surface area contributed by atoms with Crippen LogP contribution in [0.5, 0.6) is 0 Å². The van der Waals surface area contributed by atoms with Crippen molar-refractivity contribution in [1.82, 2.24) is 10.2 Å². The first kappa shape index (κ1) is 22.7. The number of hydrogen-bond acceptors (Lipinski definition) is 5. The molecule has 8 heteroatoms. The molecular formula is C25H25Cl3N4O. The lowest BCUT2D eigenvalue weighted by atomic mass is 10.0. The monoisotopic (exact) mass is 502 g/mol. The van der Waals surface area contributed by atoms with Crippen molar-refractivity contribution in [2.75, 3.05) is 4.90 Å². The maximum atomic E-state index is 6.59. The van der Waals surface area contributed by atoms with Gasteiger partial charge in [-0.2, -0.15) is 0 Å². The van der Waals surface area contributed by atoms with E-state index >= 15 is 0 Å². The van der Waals surface area contributed by atoms with Gasteiger partial charge in [0.2, 0.25) is 11.8 Å². The first-order chi connectivity index (χ1) is 16.0. The molecule has 1 aromatic heterocycles. The number of aromatic nitrogens is 2. The van der Waals surface area contributed by atoms with Crippen LogP contribution in [-0.4, -0.2) is 22.1 Å². The minimum absolute atomic E-state index is 0.0599. The number of nitrogens with zero attached hydrogens (tertiary/aromatic N) is 4.